The molecule has 3 unspecified atom stereocenters. The Morgan fingerprint density at radius 3 is 1.35 bits per heavy atom. The molecule has 3 atom stereocenters. The minimum Gasteiger partial charge on any atom is -0.355 e. The van der Waals surface area contributed by atoms with Gasteiger partial charge >= 0.3 is 0 Å². The molecule has 0 radical (unpaired) electrons. The van der Waals surface area contributed by atoms with Crippen molar-refractivity contribution in [3.05, 3.63) is 156 Å². The van der Waals surface area contributed by atoms with Crippen LogP contribution in [0.5, 0.6) is 0 Å². The van der Waals surface area contributed by atoms with Crippen molar-refractivity contribution in [3.8, 4) is 33.4 Å². The van der Waals surface area contributed by atoms with Gasteiger partial charge in [0.25, 0.3) is 0 Å². The SMILES string of the molecule is C1=Cc2nc1c(-c1ccccc1)c1ccc([nH]1)c(-c1ccccc1)c1nc(c(C3C=CC4CC4C3)c3ccc([nH]3)c2-c2ccccc2)C=C1. The van der Waals surface area contributed by atoms with E-state index in [2.05, 4.69) is 162 Å². The summed E-state index contributed by atoms with van der Waals surface area (Å²) in [5, 5.41) is 0. The summed E-state index contributed by atoms with van der Waals surface area (Å²) in [5.74, 6) is 1.81. The number of benzene rings is 3. The Kier molecular flexibility index (Phi) is 6.48. The number of nitrogens with zero attached hydrogens (tertiary/aromatic N) is 2. The summed E-state index contributed by atoms with van der Waals surface area (Å²) in [4.78, 5) is 18.6. The zero-order valence-corrected chi connectivity index (χ0v) is 27.0. The maximum atomic E-state index is 5.45. The Morgan fingerprint density at radius 2 is 0.857 bits per heavy atom. The lowest BCUT2D eigenvalue weighted by molar-refractivity contribution is 0.616. The molecule has 3 aromatic heterocycles. The number of aromatic amines is 2. The van der Waals surface area contributed by atoms with Crippen molar-refractivity contribution in [1.82, 2.24) is 19.9 Å². The number of aromatic nitrogens is 4. The number of allylic oxidation sites excluding steroid dienone is 2. The van der Waals surface area contributed by atoms with Gasteiger partial charge in [-0.05, 0) is 89.9 Å². The maximum Gasteiger partial charge on any atom is 0.0737 e. The molecule has 4 nitrogen and oxygen atoms in total. The van der Waals surface area contributed by atoms with Crippen LogP contribution in [-0.4, -0.2) is 19.9 Å². The molecule has 0 spiro atoms. The second-order valence-electron chi connectivity index (χ2n) is 13.5. The van der Waals surface area contributed by atoms with Crippen LogP contribution in [0.3, 0.4) is 0 Å². The molecule has 5 heterocycles. The predicted octanol–water partition coefficient (Wildman–Crippen LogP) is 11.3. The largest absolute Gasteiger partial charge is 0.355 e. The molecule has 4 heteroatoms. The van der Waals surface area contributed by atoms with Crippen molar-refractivity contribution < 1.29 is 0 Å². The number of hydrogen-bond donors (Lipinski definition) is 2. The average molecular weight is 631 g/mol. The zero-order chi connectivity index (χ0) is 32.3. The smallest absolute Gasteiger partial charge is 0.0737 e. The molecule has 2 N–H and O–H groups in total. The Morgan fingerprint density at radius 1 is 0.429 bits per heavy atom. The first-order chi connectivity index (χ1) is 24.3. The van der Waals surface area contributed by atoms with E-state index in [1.807, 2.05) is 0 Å². The zero-order valence-electron chi connectivity index (χ0n) is 27.0. The van der Waals surface area contributed by atoms with Gasteiger partial charge in [0, 0.05) is 50.2 Å². The van der Waals surface area contributed by atoms with E-state index in [0.29, 0.717) is 5.92 Å². The van der Waals surface area contributed by atoms with E-state index in [1.54, 1.807) is 0 Å². The van der Waals surface area contributed by atoms with Gasteiger partial charge in [0.15, 0.2) is 0 Å². The monoisotopic (exact) mass is 630 g/mol. The lowest BCUT2D eigenvalue weighted by atomic mass is 9.88. The van der Waals surface area contributed by atoms with Crippen molar-refractivity contribution in [2.24, 2.45) is 11.8 Å². The Labute approximate surface area is 285 Å². The van der Waals surface area contributed by atoms with Gasteiger partial charge in [-0.15, -0.1) is 0 Å². The van der Waals surface area contributed by atoms with Crippen molar-refractivity contribution in [2.75, 3.05) is 0 Å². The molecule has 49 heavy (non-hydrogen) atoms. The second kappa shape index (κ2) is 11.3. The summed E-state index contributed by atoms with van der Waals surface area (Å²) in [6, 6.07) is 40.7. The summed E-state index contributed by atoms with van der Waals surface area (Å²) in [6.45, 7) is 0. The third-order valence-corrected chi connectivity index (χ3v) is 10.5. The molecule has 4 aliphatic rings. The van der Waals surface area contributed by atoms with Gasteiger partial charge in [-0.2, -0.15) is 0 Å². The van der Waals surface area contributed by atoms with Crippen LogP contribution >= 0.6 is 0 Å². The van der Waals surface area contributed by atoms with E-state index in [-0.39, 0.29) is 0 Å². The van der Waals surface area contributed by atoms with E-state index < -0.39 is 0 Å². The summed E-state index contributed by atoms with van der Waals surface area (Å²) in [7, 11) is 0. The molecule has 2 aliphatic carbocycles. The first kappa shape index (κ1) is 28.1. The average Bonchev–Trinajstić information content (AvgIpc) is 3.67. The molecule has 3 aromatic carbocycles. The summed E-state index contributed by atoms with van der Waals surface area (Å²) in [5.41, 5.74) is 15.9. The predicted molar refractivity (Wildman–Crippen MR) is 203 cm³/mol. The van der Waals surface area contributed by atoms with E-state index in [9.17, 15) is 0 Å². The molecule has 234 valence electrons. The van der Waals surface area contributed by atoms with Gasteiger partial charge < -0.3 is 9.97 Å². The van der Waals surface area contributed by atoms with E-state index in [0.717, 1.165) is 96.5 Å². The van der Waals surface area contributed by atoms with Crippen LogP contribution in [0.1, 0.15) is 47.1 Å². The third-order valence-electron chi connectivity index (χ3n) is 10.5. The summed E-state index contributed by atoms with van der Waals surface area (Å²) < 4.78 is 0. The van der Waals surface area contributed by atoms with Crippen molar-refractivity contribution in [3.63, 3.8) is 0 Å². The third kappa shape index (κ3) is 4.91. The highest BCUT2D eigenvalue weighted by Crippen LogP contribution is 2.51. The fourth-order valence-electron chi connectivity index (χ4n) is 8.02. The fourth-order valence-corrected chi connectivity index (χ4v) is 8.02. The fraction of sp³-hybridized carbons (Fsp3) is 0.111. The Hall–Kier alpha value is -6.00. The standard InChI is InChI=1S/C45H34N4/c1-4-10-28(11-5-1)42-34-18-20-36(46-34)43(29-12-6-2-7-13-29)38-22-24-40(48-38)45(32-17-16-31-26-33(31)27-32)41-25-23-39(49-41)44(30-14-8-3-9-15-30)37-21-19-35(42)47-37/h1-25,31-33,46,49H,26-27H2. The summed E-state index contributed by atoms with van der Waals surface area (Å²) >= 11 is 0. The van der Waals surface area contributed by atoms with Crippen LogP contribution in [0, 0.1) is 11.8 Å². The second-order valence-corrected chi connectivity index (χ2v) is 13.5. The van der Waals surface area contributed by atoms with Gasteiger partial charge in [0.1, 0.15) is 0 Å². The van der Waals surface area contributed by atoms with Crippen LogP contribution in [0.25, 0.3) is 79.8 Å². The van der Waals surface area contributed by atoms with E-state index in [1.165, 1.54) is 12.0 Å². The molecule has 0 saturated heterocycles. The maximum absolute atomic E-state index is 5.45. The minimum absolute atomic E-state index is 0.293. The molecule has 0 amide bonds. The first-order valence-electron chi connectivity index (χ1n) is 17.3. The molecular weight excluding hydrogens is 597 g/mol. The van der Waals surface area contributed by atoms with Crippen LogP contribution in [0.4, 0.5) is 0 Å². The van der Waals surface area contributed by atoms with Crippen LogP contribution in [-0.2, 0) is 0 Å². The number of nitrogens with one attached hydrogen (secondary N) is 2. The molecule has 1 saturated carbocycles. The number of H-pyrrole nitrogens is 2. The van der Waals surface area contributed by atoms with Crippen molar-refractivity contribution in [1.29, 1.82) is 0 Å². The number of hydrogen-bond acceptors (Lipinski definition) is 2. The topological polar surface area (TPSA) is 57.4 Å². The first-order valence-corrected chi connectivity index (χ1v) is 17.3. The van der Waals surface area contributed by atoms with Crippen molar-refractivity contribution >= 4 is 46.4 Å². The molecule has 10 rings (SSSR count). The highest BCUT2D eigenvalue weighted by atomic mass is 14.8. The lowest BCUT2D eigenvalue weighted by Gasteiger charge is -2.17. The lowest BCUT2D eigenvalue weighted by Crippen LogP contribution is -2.04. The molecule has 8 bridgehead atoms. The van der Waals surface area contributed by atoms with Gasteiger partial charge in [0.05, 0.1) is 22.8 Å². The molecule has 6 aromatic rings. The van der Waals surface area contributed by atoms with Gasteiger partial charge in [-0.25, -0.2) is 9.97 Å². The van der Waals surface area contributed by atoms with Crippen LogP contribution < -0.4 is 0 Å². The van der Waals surface area contributed by atoms with Gasteiger partial charge in [-0.3, -0.25) is 0 Å². The molecule has 1 fully saturated rings. The molecule has 2 aliphatic heterocycles. The normalized spacial score (nSPS) is 18.8. The minimum atomic E-state index is 0.293. The van der Waals surface area contributed by atoms with Crippen LogP contribution in [0.15, 0.2) is 127 Å². The van der Waals surface area contributed by atoms with E-state index >= 15 is 0 Å². The highest BCUT2D eigenvalue weighted by Gasteiger charge is 2.40. The van der Waals surface area contributed by atoms with Crippen LogP contribution in [0.2, 0.25) is 0 Å². The number of fused-ring (bicyclic) bond motifs is 9. The quantitative estimate of drug-likeness (QED) is 0.190. The van der Waals surface area contributed by atoms with E-state index in [4.69, 9.17) is 9.97 Å². The van der Waals surface area contributed by atoms with Gasteiger partial charge in [-0.1, -0.05) is 103 Å². The Bertz CT molecular complexity index is 2460. The Balaban J connectivity index is 1.37. The van der Waals surface area contributed by atoms with Gasteiger partial charge in [0.2, 0.25) is 0 Å². The number of rotatable bonds is 4. The molecular formula is C45H34N4. The highest BCUT2D eigenvalue weighted by molar-refractivity contribution is 5.97. The van der Waals surface area contributed by atoms with Crippen molar-refractivity contribution in [2.45, 2.75) is 18.8 Å². The summed E-state index contributed by atoms with van der Waals surface area (Å²) in [6.07, 6.45) is 16.1.